The summed E-state index contributed by atoms with van der Waals surface area (Å²) in [6.45, 7) is 6.64. The van der Waals surface area contributed by atoms with Crippen LogP contribution in [0.3, 0.4) is 0 Å². The highest BCUT2D eigenvalue weighted by atomic mass is 19.1. The average Bonchev–Trinajstić information content (AvgIpc) is 2.49. The summed E-state index contributed by atoms with van der Waals surface area (Å²) >= 11 is 0. The fourth-order valence-corrected chi connectivity index (χ4v) is 2.01. The number of nitrogens with zero attached hydrogens (tertiary/aromatic N) is 2. The largest absolute Gasteiger partial charge is 0.354 e. The molecule has 1 aromatic carbocycles. The monoisotopic (exact) mass is 334 g/mol. The van der Waals surface area contributed by atoms with E-state index in [0.29, 0.717) is 30.2 Å². The summed E-state index contributed by atoms with van der Waals surface area (Å²) < 4.78 is 26.5. The zero-order valence-corrected chi connectivity index (χ0v) is 13.9. The maximum Gasteiger partial charge on any atom is 0.274 e. The van der Waals surface area contributed by atoms with Crippen molar-refractivity contribution in [3.8, 4) is 0 Å². The van der Waals surface area contributed by atoms with Crippen LogP contribution >= 0.6 is 0 Å². The first-order chi connectivity index (χ1) is 11.3. The Morgan fingerprint density at radius 1 is 1.21 bits per heavy atom. The number of carbonyl (C=O) groups excluding carboxylic acids is 1. The Kier molecular flexibility index (Phi) is 5.78. The molecule has 0 aliphatic heterocycles. The van der Waals surface area contributed by atoms with E-state index < -0.39 is 17.5 Å². The normalized spacial score (nSPS) is 10.8. The van der Waals surface area contributed by atoms with Gasteiger partial charge >= 0.3 is 0 Å². The highest BCUT2D eigenvalue weighted by molar-refractivity contribution is 6.03. The molecule has 5 nitrogen and oxygen atoms in total. The number of anilines is 2. The maximum absolute atomic E-state index is 13.6. The van der Waals surface area contributed by atoms with Crippen LogP contribution in [-0.4, -0.2) is 22.4 Å². The van der Waals surface area contributed by atoms with Gasteiger partial charge in [-0.1, -0.05) is 13.8 Å². The summed E-state index contributed by atoms with van der Waals surface area (Å²) in [5, 5.41) is 5.45. The summed E-state index contributed by atoms with van der Waals surface area (Å²) in [4.78, 5) is 20.6. The van der Waals surface area contributed by atoms with Crippen LogP contribution in [0.1, 0.15) is 36.5 Å². The predicted molar refractivity (Wildman–Crippen MR) is 89.0 cm³/mol. The van der Waals surface area contributed by atoms with Gasteiger partial charge in [-0.25, -0.2) is 18.7 Å². The van der Waals surface area contributed by atoms with Crippen molar-refractivity contribution in [2.45, 2.75) is 27.2 Å². The molecule has 0 unspecified atom stereocenters. The molecule has 0 aliphatic carbocycles. The number of aromatic nitrogens is 2. The third-order valence-corrected chi connectivity index (χ3v) is 3.27. The van der Waals surface area contributed by atoms with Gasteiger partial charge in [0.2, 0.25) is 5.95 Å². The molecule has 1 heterocycles. The van der Waals surface area contributed by atoms with Crippen LogP contribution in [0.25, 0.3) is 0 Å². The van der Waals surface area contributed by atoms with Crippen LogP contribution in [0.15, 0.2) is 24.3 Å². The molecule has 2 aromatic rings. The van der Waals surface area contributed by atoms with Gasteiger partial charge in [-0.15, -0.1) is 0 Å². The lowest BCUT2D eigenvalue weighted by molar-refractivity contribution is 0.102. The highest BCUT2D eigenvalue weighted by Crippen LogP contribution is 2.16. The van der Waals surface area contributed by atoms with E-state index in [1.807, 2.05) is 0 Å². The minimum absolute atomic E-state index is 0.105. The smallest absolute Gasteiger partial charge is 0.274 e. The zero-order chi connectivity index (χ0) is 17.7. The van der Waals surface area contributed by atoms with E-state index >= 15 is 0 Å². The Balaban J connectivity index is 2.12. The fourth-order valence-electron chi connectivity index (χ4n) is 2.01. The number of halogens is 2. The van der Waals surface area contributed by atoms with E-state index in [1.54, 1.807) is 6.92 Å². The molecule has 1 amide bonds. The number of rotatable bonds is 6. The first-order valence-corrected chi connectivity index (χ1v) is 7.71. The third-order valence-electron chi connectivity index (χ3n) is 3.27. The molecule has 7 heteroatoms. The molecular formula is C17H20F2N4O. The lowest BCUT2D eigenvalue weighted by Gasteiger charge is -2.10. The van der Waals surface area contributed by atoms with Gasteiger partial charge in [0.15, 0.2) is 0 Å². The number of aryl methyl sites for hydroxylation is 1. The first kappa shape index (κ1) is 17.8. The van der Waals surface area contributed by atoms with Crippen molar-refractivity contribution in [2.75, 3.05) is 17.2 Å². The molecule has 0 aliphatic rings. The molecule has 2 rings (SSSR count). The van der Waals surface area contributed by atoms with Crippen LogP contribution in [0.4, 0.5) is 20.4 Å². The van der Waals surface area contributed by atoms with Crippen molar-refractivity contribution >= 4 is 17.5 Å². The minimum atomic E-state index is -0.843. The van der Waals surface area contributed by atoms with Gasteiger partial charge < -0.3 is 10.6 Å². The van der Waals surface area contributed by atoms with Crippen molar-refractivity contribution in [3.05, 3.63) is 47.3 Å². The summed E-state index contributed by atoms with van der Waals surface area (Å²) in [5.41, 5.74) is 0.618. The lowest BCUT2D eigenvalue weighted by Crippen LogP contribution is -2.17. The van der Waals surface area contributed by atoms with E-state index in [1.165, 1.54) is 12.1 Å². The molecule has 0 spiro atoms. The van der Waals surface area contributed by atoms with Gasteiger partial charge in [0, 0.05) is 18.3 Å². The topological polar surface area (TPSA) is 66.9 Å². The van der Waals surface area contributed by atoms with Crippen LogP contribution in [0, 0.1) is 24.5 Å². The number of nitrogens with one attached hydrogen (secondary N) is 2. The van der Waals surface area contributed by atoms with Gasteiger partial charge in [0.1, 0.15) is 17.3 Å². The Bertz CT molecular complexity index is 735. The fraction of sp³-hybridized carbons (Fsp3) is 0.353. The molecule has 0 saturated carbocycles. The summed E-state index contributed by atoms with van der Waals surface area (Å²) in [6, 6.07) is 4.45. The Morgan fingerprint density at radius 2 is 1.96 bits per heavy atom. The molecule has 24 heavy (non-hydrogen) atoms. The second-order valence-corrected chi connectivity index (χ2v) is 5.91. The highest BCUT2D eigenvalue weighted by Gasteiger charge is 2.13. The molecular weight excluding hydrogens is 314 g/mol. The standard InChI is InChI=1S/C17H20F2N4O/c1-10(2)6-7-20-17-21-11(3)8-15(23-17)16(24)22-14-5-4-12(18)9-13(14)19/h4-5,8-10H,6-7H2,1-3H3,(H,22,24)(H,20,21,23). The SMILES string of the molecule is Cc1cc(C(=O)Nc2ccc(F)cc2F)nc(NCCC(C)C)n1. The minimum Gasteiger partial charge on any atom is -0.354 e. The summed E-state index contributed by atoms with van der Waals surface area (Å²) in [6.07, 6.45) is 0.944. The predicted octanol–water partition coefficient (Wildman–Crippen LogP) is 3.77. The van der Waals surface area contributed by atoms with Crippen LogP contribution < -0.4 is 10.6 Å². The Labute approximate surface area is 139 Å². The van der Waals surface area contributed by atoms with Gasteiger partial charge in [-0.05, 0) is 37.5 Å². The van der Waals surface area contributed by atoms with Gasteiger partial charge in [-0.3, -0.25) is 4.79 Å². The zero-order valence-electron chi connectivity index (χ0n) is 13.9. The number of benzene rings is 1. The van der Waals surface area contributed by atoms with E-state index in [-0.39, 0.29) is 11.4 Å². The van der Waals surface area contributed by atoms with Gasteiger partial charge in [-0.2, -0.15) is 0 Å². The number of amides is 1. The van der Waals surface area contributed by atoms with E-state index in [2.05, 4.69) is 34.4 Å². The first-order valence-electron chi connectivity index (χ1n) is 7.71. The molecule has 1 aromatic heterocycles. The molecule has 128 valence electrons. The Morgan fingerprint density at radius 3 is 2.62 bits per heavy atom. The van der Waals surface area contributed by atoms with Gasteiger partial charge in [0.05, 0.1) is 5.69 Å². The van der Waals surface area contributed by atoms with E-state index in [4.69, 9.17) is 0 Å². The molecule has 0 saturated heterocycles. The van der Waals surface area contributed by atoms with Crippen LogP contribution in [0.2, 0.25) is 0 Å². The second-order valence-electron chi connectivity index (χ2n) is 5.91. The van der Waals surface area contributed by atoms with Crippen molar-refractivity contribution < 1.29 is 13.6 Å². The van der Waals surface area contributed by atoms with E-state index in [9.17, 15) is 13.6 Å². The molecule has 0 atom stereocenters. The lowest BCUT2D eigenvalue weighted by atomic mass is 10.1. The van der Waals surface area contributed by atoms with Crippen molar-refractivity contribution in [3.63, 3.8) is 0 Å². The van der Waals surface area contributed by atoms with Crippen LogP contribution in [-0.2, 0) is 0 Å². The number of hydrogen-bond donors (Lipinski definition) is 2. The van der Waals surface area contributed by atoms with Crippen LogP contribution in [0.5, 0.6) is 0 Å². The molecule has 2 N–H and O–H groups in total. The van der Waals surface area contributed by atoms with Gasteiger partial charge in [0.25, 0.3) is 5.91 Å². The third kappa shape index (κ3) is 4.97. The van der Waals surface area contributed by atoms with Crippen molar-refractivity contribution in [1.29, 1.82) is 0 Å². The molecule has 0 radical (unpaired) electrons. The maximum atomic E-state index is 13.6. The average molecular weight is 334 g/mol. The summed E-state index contributed by atoms with van der Waals surface area (Å²) in [5.74, 6) is -1.26. The molecule has 0 fully saturated rings. The van der Waals surface area contributed by atoms with E-state index in [0.717, 1.165) is 12.5 Å². The number of carbonyl (C=O) groups is 1. The quantitative estimate of drug-likeness (QED) is 0.844. The Hall–Kier alpha value is -2.57. The molecule has 0 bridgehead atoms. The van der Waals surface area contributed by atoms with Crippen molar-refractivity contribution in [1.82, 2.24) is 9.97 Å². The van der Waals surface area contributed by atoms with Crippen molar-refractivity contribution in [2.24, 2.45) is 5.92 Å². The number of hydrogen-bond acceptors (Lipinski definition) is 4. The summed E-state index contributed by atoms with van der Waals surface area (Å²) in [7, 11) is 0. The second kappa shape index (κ2) is 7.81.